The molecule has 3 fully saturated rings. The molecule has 158 valence electrons. The quantitative estimate of drug-likeness (QED) is 0.397. The Hall–Kier alpha value is 0. The van der Waals surface area contributed by atoms with Crippen molar-refractivity contribution in [3.8, 4) is 0 Å². The number of hydrogen-bond donors (Lipinski definition) is 0. The van der Waals surface area contributed by atoms with Gasteiger partial charge in [0.25, 0.3) is 0 Å². The van der Waals surface area contributed by atoms with Gasteiger partial charge in [0.2, 0.25) is 0 Å². The first-order valence-corrected chi connectivity index (χ1v) is 13.2. The van der Waals surface area contributed by atoms with E-state index in [1.54, 1.807) is 51.4 Å². The third-order valence-electron chi connectivity index (χ3n) is 9.19. The maximum atomic E-state index is 2.47. The van der Waals surface area contributed by atoms with E-state index < -0.39 is 0 Å². The van der Waals surface area contributed by atoms with E-state index in [0.29, 0.717) is 0 Å². The molecule has 1 atom stereocenters. The topological polar surface area (TPSA) is 0 Å². The Balaban J connectivity index is 1.33. The van der Waals surface area contributed by atoms with Crippen LogP contribution in [0, 0.1) is 41.4 Å². The normalized spacial score (nSPS) is 39.2. The van der Waals surface area contributed by atoms with Crippen molar-refractivity contribution in [2.75, 3.05) is 0 Å². The van der Waals surface area contributed by atoms with Gasteiger partial charge in [0, 0.05) is 0 Å². The van der Waals surface area contributed by atoms with Crippen molar-refractivity contribution in [1.29, 1.82) is 0 Å². The summed E-state index contributed by atoms with van der Waals surface area (Å²) >= 11 is 0. The van der Waals surface area contributed by atoms with E-state index in [-0.39, 0.29) is 0 Å². The lowest BCUT2D eigenvalue weighted by Gasteiger charge is -2.37. The second kappa shape index (κ2) is 11.3. The minimum absolute atomic E-state index is 1.01. The maximum absolute atomic E-state index is 2.47. The molecular weight excluding hydrogens is 324 g/mol. The third-order valence-corrected chi connectivity index (χ3v) is 9.19. The fourth-order valence-corrected chi connectivity index (χ4v) is 7.12. The highest BCUT2D eigenvalue weighted by Gasteiger charge is 2.30. The summed E-state index contributed by atoms with van der Waals surface area (Å²) in [5, 5.41) is 0. The van der Waals surface area contributed by atoms with Crippen LogP contribution < -0.4 is 0 Å². The molecule has 0 nitrogen and oxygen atoms in total. The molecule has 0 radical (unpaired) electrons. The Morgan fingerprint density at radius 2 is 1.15 bits per heavy atom. The molecule has 0 amide bonds. The van der Waals surface area contributed by atoms with Crippen LogP contribution in [0.15, 0.2) is 0 Å². The molecule has 27 heavy (non-hydrogen) atoms. The zero-order valence-electron chi connectivity index (χ0n) is 19.1. The number of hydrogen-bond acceptors (Lipinski definition) is 0. The lowest BCUT2D eigenvalue weighted by molar-refractivity contribution is 0.143. The van der Waals surface area contributed by atoms with Crippen LogP contribution in [0.25, 0.3) is 0 Å². The molecule has 3 rings (SSSR count). The van der Waals surface area contributed by atoms with Crippen LogP contribution in [0.5, 0.6) is 0 Å². The van der Waals surface area contributed by atoms with Gasteiger partial charge in [-0.1, -0.05) is 91.4 Å². The van der Waals surface area contributed by atoms with Crippen LogP contribution in [0.2, 0.25) is 0 Å². The van der Waals surface area contributed by atoms with Crippen LogP contribution >= 0.6 is 0 Å². The van der Waals surface area contributed by atoms with Crippen molar-refractivity contribution >= 4 is 0 Å². The predicted molar refractivity (Wildman–Crippen MR) is 120 cm³/mol. The Kier molecular flexibility index (Phi) is 9.05. The van der Waals surface area contributed by atoms with Crippen LogP contribution in [-0.2, 0) is 0 Å². The first kappa shape index (κ1) is 21.7. The van der Waals surface area contributed by atoms with Crippen LogP contribution in [0.1, 0.15) is 130 Å². The van der Waals surface area contributed by atoms with Gasteiger partial charge in [-0.2, -0.15) is 0 Å². The molecule has 0 spiro atoms. The van der Waals surface area contributed by atoms with Gasteiger partial charge in [0.15, 0.2) is 0 Å². The highest BCUT2D eigenvalue weighted by molar-refractivity contribution is 4.82. The van der Waals surface area contributed by atoms with E-state index in [9.17, 15) is 0 Å². The van der Waals surface area contributed by atoms with Gasteiger partial charge in [-0.15, -0.1) is 0 Å². The molecule has 3 aliphatic carbocycles. The van der Waals surface area contributed by atoms with E-state index in [1.165, 1.54) is 57.8 Å². The lowest BCUT2D eigenvalue weighted by Crippen LogP contribution is -2.25. The van der Waals surface area contributed by atoms with Gasteiger partial charge in [0.1, 0.15) is 0 Å². The molecule has 0 N–H and O–H groups in total. The monoisotopic (exact) mass is 374 g/mol. The summed E-state index contributed by atoms with van der Waals surface area (Å²) in [6, 6.07) is 0. The highest BCUT2D eigenvalue weighted by Crippen LogP contribution is 2.43. The highest BCUT2D eigenvalue weighted by atomic mass is 14.4. The minimum atomic E-state index is 1.01. The number of rotatable bonds is 8. The van der Waals surface area contributed by atoms with Gasteiger partial charge in [-0.3, -0.25) is 0 Å². The SMILES string of the molecule is CCCC(CCCC1CCC(C2CCC(C)CC2)CC1)C1CCC(C)CC1. The smallest absolute Gasteiger partial charge is 0.0386 e. The molecule has 0 aromatic rings. The second-order valence-electron chi connectivity index (χ2n) is 11.3. The lowest BCUT2D eigenvalue weighted by atomic mass is 9.68. The van der Waals surface area contributed by atoms with Gasteiger partial charge in [-0.05, 0) is 80.0 Å². The Bertz CT molecular complexity index is 375. The summed E-state index contributed by atoms with van der Waals surface area (Å²) in [5.41, 5.74) is 0. The van der Waals surface area contributed by atoms with Crippen LogP contribution in [0.4, 0.5) is 0 Å². The second-order valence-corrected chi connectivity index (χ2v) is 11.3. The van der Waals surface area contributed by atoms with E-state index in [1.807, 2.05) is 0 Å². The molecule has 0 heteroatoms. The van der Waals surface area contributed by atoms with Crippen molar-refractivity contribution in [1.82, 2.24) is 0 Å². The van der Waals surface area contributed by atoms with Gasteiger partial charge >= 0.3 is 0 Å². The standard InChI is InChI=1S/C27H50/c1-4-6-24(25-15-9-21(2)10-16-25)8-5-7-23-13-19-27(20-14-23)26-17-11-22(3)12-18-26/h21-27H,4-20H2,1-3H3. The molecule has 0 saturated heterocycles. The van der Waals surface area contributed by atoms with Gasteiger partial charge < -0.3 is 0 Å². The molecule has 3 aliphatic rings. The van der Waals surface area contributed by atoms with Crippen molar-refractivity contribution in [3.05, 3.63) is 0 Å². The molecule has 0 aliphatic heterocycles. The summed E-state index contributed by atoms with van der Waals surface area (Å²) in [4.78, 5) is 0. The zero-order chi connectivity index (χ0) is 19.1. The fourth-order valence-electron chi connectivity index (χ4n) is 7.12. The van der Waals surface area contributed by atoms with Crippen molar-refractivity contribution in [3.63, 3.8) is 0 Å². The Morgan fingerprint density at radius 1 is 0.630 bits per heavy atom. The van der Waals surface area contributed by atoms with Crippen LogP contribution in [0.3, 0.4) is 0 Å². The predicted octanol–water partition coefficient (Wildman–Crippen LogP) is 9.03. The van der Waals surface area contributed by atoms with Crippen molar-refractivity contribution in [2.24, 2.45) is 41.4 Å². The first-order chi connectivity index (χ1) is 13.2. The van der Waals surface area contributed by atoms with Crippen LogP contribution in [-0.4, -0.2) is 0 Å². The van der Waals surface area contributed by atoms with Gasteiger partial charge in [-0.25, -0.2) is 0 Å². The molecule has 1 unspecified atom stereocenters. The average molecular weight is 375 g/mol. The van der Waals surface area contributed by atoms with E-state index in [0.717, 1.165) is 41.4 Å². The molecule has 0 aromatic heterocycles. The van der Waals surface area contributed by atoms with Crippen molar-refractivity contribution in [2.45, 2.75) is 130 Å². The molecule has 0 bridgehead atoms. The summed E-state index contributed by atoms with van der Waals surface area (Å²) < 4.78 is 0. The Morgan fingerprint density at radius 3 is 1.70 bits per heavy atom. The first-order valence-electron chi connectivity index (χ1n) is 13.2. The average Bonchev–Trinajstić information content (AvgIpc) is 2.69. The molecular formula is C27H50. The molecule has 0 aromatic carbocycles. The third kappa shape index (κ3) is 6.78. The summed E-state index contributed by atoms with van der Waals surface area (Å²) in [6.07, 6.45) is 26.1. The Labute approximate surface area is 171 Å². The molecule has 0 heterocycles. The summed E-state index contributed by atoms with van der Waals surface area (Å²) in [7, 11) is 0. The minimum Gasteiger partial charge on any atom is -0.0654 e. The largest absolute Gasteiger partial charge is 0.0654 e. The van der Waals surface area contributed by atoms with E-state index >= 15 is 0 Å². The van der Waals surface area contributed by atoms with Gasteiger partial charge in [0.05, 0.1) is 0 Å². The fraction of sp³-hybridized carbons (Fsp3) is 1.00. The summed E-state index contributed by atoms with van der Waals surface area (Å²) in [5.74, 6) is 7.44. The maximum Gasteiger partial charge on any atom is -0.0386 e. The van der Waals surface area contributed by atoms with E-state index in [4.69, 9.17) is 0 Å². The van der Waals surface area contributed by atoms with E-state index in [2.05, 4.69) is 20.8 Å². The molecule has 3 saturated carbocycles. The summed E-state index contributed by atoms with van der Waals surface area (Å²) in [6.45, 7) is 7.34. The zero-order valence-corrected chi connectivity index (χ0v) is 19.1. The van der Waals surface area contributed by atoms with Crippen molar-refractivity contribution < 1.29 is 0 Å².